The van der Waals surface area contributed by atoms with Gasteiger partial charge in [-0.2, -0.15) is 13.2 Å². The number of ether oxygens (including phenoxy) is 2. The Balaban J connectivity index is 0.913. The summed E-state index contributed by atoms with van der Waals surface area (Å²) in [6.45, 7) is 5.66. The average molecular weight is 600 g/mol. The van der Waals surface area contributed by atoms with Crippen LogP contribution in [0.5, 0.6) is 11.8 Å². The number of imidazole rings is 1. The lowest BCUT2D eigenvalue weighted by Crippen LogP contribution is -2.40. The molecule has 9 nitrogen and oxygen atoms in total. The molecule has 0 N–H and O–H groups in total. The fraction of sp³-hybridized carbons (Fsp3) is 0.516. The molecule has 0 bridgehead atoms. The highest BCUT2D eigenvalue weighted by Crippen LogP contribution is 2.35. The molecule has 0 amide bonds. The number of anilines is 1. The summed E-state index contributed by atoms with van der Waals surface area (Å²) in [5, 5.41) is 11.0. The van der Waals surface area contributed by atoms with Crippen molar-refractivity contribution in [3.63, 3.8) is 0 Å². The molecule has 230 valence electrons. The lowest BCUT2D eigenvalue weighted by molar-refractivity contribution is -0.389. The summed E-state index contributed by atoms with van der Waals surface area (Å²) in [5.41, 5.74) is 1.52. The molecular formula is C31H36F3N5O4. The Labute approximate surface area is 248 Å². The van der Waals surface area contributed by atoms with Crippen LogP contribution in [0.4, 0.5) is 24.7 Å². The number of aromatic nitrogens is 2. The maximum atomic E-state index is 12.8. The number of halogens is 3. The molecule has 2 aromatic carbocycles. The zero-order valence-electron chi connectivity index (χ0n) is 23.9. The number of alkyl halides is 3. The zero-order chi connectivity index (χ0) is 30.0. The number of piperidine rings is 2. The lowest BCUT2D eigenvalue weighted by Gasteiger charge is -2.41. The largest absolute Gasteiger partial charge is 0.490 e. The molecule has 2 fully saturated rings. The van der Waals surface area contributed by atoms with Crippen molar-refractivity contribution in [2.45, 2.75) is 57.5 Å². The van der Waals surface area contributed by atoms with E-state index >= 15 is 0 Å². The highest BCUT2D eigenvalue weighted by molar-refractivity contribution is 5.49. The number of nitrogens with zero attached hydrogens (tertiary/aromatic N) is 5. The van der Waals surface area contributed by atoms with Gasteiger partial charge in [0.15, 0.2) is 0 Å². The van der Waals surface area contributed by atoms with Gasteiger partial charge in [-0.15, -0.1) is 0 Å². The van der Waals surface area contributed by atoms with Gasteiger partial charge in [-0.1, -0.05) is 12.1 Å². The molecule has 1 atom stereocenters. The predicted molar refractivity (Wildman–Crippen MR) is 154 cm³/mol. The lowest BCUT2D eigenvalue weighted by atomic mass is 9.78. The molecular weight excluding hydrogens is 563 g/mol. The minimum absolute atomic E-state index is 0.212. The molecule has 0 spiro atoms. The maximum Gasteiger partial charge on any atom is 0.416 e. The molecule has 0 radical (unpaired) electrons. The Morgan fingerprint density at radius 3 is 2.19 bits per heavy atom. The first-order valence-corrected chi connectivity index (χ1v) is 15.0. The summed E-state index contributed by atoms with van der Waals surface area (Å²) >= 11 is 0. The number of hydrogen-bond acceptors (Lipinski definition) is 7. The van der Waals surface area contributed by atoms with E-state index in [2.05, 4.69) is 26.9 Å². The van der Waals surface area contributed by atoms with E-state index in [0.717, 1.165) is 63.2 Å². The first kappa shape index (κ1) is 29.3. The average Bonchev–Trinajstić information content (AvgIpc) is 3.45. The van der Waals surface area contributed by atoms with Crippen LogP contribution in [-0.4, -0.2) is 58.3 Å². The van der Waals surface area contributed by atoms with Crippen LogP contribution in [0.3, 0.4) is 0 Å². The van der Waals surface area contributed by atoms with Gasteiger partial charge in [0.25, 0.3) is 0 Å². The van der Waals surface area contributed by atoms with Crippen LogP contribution in [0.2, 0.25) is 0 Å². The number of aryl methyl sites for hydroxylation is 1. The summed E-state index contributed by atoms with van der Waals surface area (Å²) in [4.78, 5) is 19.1. The molecule has 6 rings (SSSR count). The van der Waals surface area contributed by atoms with Crippen molar-refractivity contribution in [2.24, 2.45) is 11.8 Å². The Bertz CT molecular complexity index is 1380. The molecule has 43 heavy (non-hydrogen) atoms. The Hall–Kier alpha value is -3.80. The topological polar surface area (TPSA) is 85.9 Å². The van der Waals surface area contributed by atoms with Gasteiger partial charge in [0, 0.05) is 43.3 Å². The van der Waals surface area contributed by atoms with E-state index in [-0.39, 0.29) is 17.9 Å². The van der Waals surface area contributed by atoms with Crippen molar-refractivity contribution >= 4 is 11.5 Å². The van der Waals surface area contributed by atoms with E-state index in [4.69, 9.17) is 9.47 Å². The van der Waals surface area contributed by atoms with Crippen LogP contribution in [0.25, 0.3) is 0 Å². The van der Waals surface area contributed by atoms with Gasteiger partial charge in [-0.3, -0.25) is 9.47 Å². The van der Waals surface area contributed by atoms with Crippen molar-refractivity contribution in [2.75, 3.05) is 37.7 Å². The van der Waals surface area contributed by atoms with Crippen LogP contribution in [0.15, 0.2) is 54.7 Å². The molecule has 12 heteroatoms. The molecule has 1 aromatic heterocycles. The molecule has 2 saturated heterocycles. The molecule has 0 unspecified atom stereocenters. The highest BCUT2D eigenvalue weighted by Gasteiger charge is 2.32. The molecule has 4 heterocycles. The number of benzene rings is 2. The van der Waals surface area contributed by atoms with E-state index in [1.165, 1.54) is 24.0 Å². The molecule has 3 aliphatic heterocycles. The third-order valence-electron chi connectivity index (χ3n) is 9.04. The standard InChI is InChI=1S/C31H36F3N5O4/c32-31(33,34)25-3-1-22(2-4-25)19-36-14-9-23(10-15-36)24-11-16-37(17-12-24)26-5-7-27(8-6-26)42-21-28-13-18-38-20-29(39(40)41)35-30(38)43-28/h1-8,20,23-24,28H,9-19,21H2/t28-/m1/s1. The summed E-state index contributed by atoms with van der Waals surface area (Å²) in [6, 6.07) is 13.9. The van der Waals surface area contributed by atoms with E-state index in [1.54, 1.807) is 16.7 Å². The molecule has 0 aliphatic carbocycles. The van der Waals surface area contributed by atoms with Crippen molar-refractivity contribution in [3.05, 3.63) is 76.0 Å². The zero-order valence-corrected chi connectivity index (χ0v) is 23.9. The van der Waals surface area contributed by atoms with E-state index in [9.17, 15) is 23.3 Å². The number of nitro groups is 1. The predicted octanol–water partition coefficient (Wildman–Crippen LogP) is 6.17. The van der Waals surface area contributed by atoms with Gasteiger partial charge in [-0.05, 0) is 97.5 Å². The maximum absolute atomic E-state index is 12.8. The summed E-state index contributed by atoms with van der Waals surface area (Å²) in [6.07, 6.45) is 2.17. The van der Waals surface area contributed by atoms with Gasteiger partial charge >= 0.3 is 18.0 Å². The summed E-state index contributed by atoms with van der Waals surface area (Å²) in [7, 11) is 0. The van der Waals surface area contributed by atoms with Crippen molar-refractivity contribution in [3.8, 4) is 11.8 Å². The van der Waals surface area contributed by atoms with Crippen molar-refractivity contribution in [1.29, 1.82) is 0 Å². The minimum atomic E-state index is -4.29. The van der Waals surface area contributed by atoms with Gasteiger partial charge in [-0.25, -0.2) is 0 Å². The van der Waals surface area contributed by atoms with Crippen LogP contribution >= 0.6 is 0 Å². The second-order valence-corrected chi connectivity index (χ2v) is 11.8. The van der Waals surface area contributed by atoms with Crippen LogP contribution in [0, 0.1) is 22.0 Å². The first-order chi connectivity index (χ1) is 20.7. The van der Waals surface area contributed by atoms with Crippen molar-refractivity contribution in [1.82, 2.24) is 14.5 Å². The number of hydrogen-bond donors (Lipinski definition) is 0. The first-order valence-electron chi connectivity index (χ1n) is 15.0. The smallest absolute Gasteiger partial charge is 0.416 e. The van der Waals surface area contributed by atoms with Crippen LogP contribution in [0.1, 0.15) is 43.2 Å². The summed E-state index contributed by atoms with van der Waals surface area (Å²) in [5.74, 6) is 1.95. The molecule has 3 aliphatic rings. The normalized spacial score (nSPS) is 20.4. The Kier molecular flexibility index (Phi) is 8.47. The molecule has 0 saturated carbocycles. The van der Waals surface area contributed by atoms with Gasteiger partial charge in [0.2, 0.25) is 0 Å². The van der Waals surface area contributed by atoms with E-state index in [1.807, 2.05) is 12.1 Å². The van der Waals surface area contributed by atoms with Gasteiger partial charge in [0.05, 0.1) is 5.56 Å². The number of likely N-dealkylation sites (tertiary alicyclic amines) is 1. The van der Waals surface area contributed by atoms with Crippen LogP contribution in [-0.2, 0) is 19.3 Å². The van der Waals surface area contributed by atoms with E-state index < -0.39 is 16.7 Å². The Morgan fingerprint density at radius 2 is 1.56 bits per heavy atom. The number of fused-ring (bicyclic) bond motifs is 1. The second-order valence-electron chi connectivity index (χ2n) is 11.8. The second kappa shape index (κ2) is 12.4. The number of rotatable bonds is 8. The highest BCUT2D eigenvalue weighted by atomic mass is 19.4. The fourth-order valence-corrected chi connectivity index (χ4v) is 6.55. The quantitative estimate of drug-likeness (QED) is 0.226. The minimum Gasteiger partial charge on any atom is -0.490 e. The third-order valence-corrected chi connectivity index (χ3v) is 9.04. The monoisotopic (exact) mass is 599 g/mol. The molecule has 3 aromatic rings. The van der Waals surface area contributed by atoms with Crippen molar-refractivity contribution < 1.29 is 27.6 Å². The SMILES string of the molecule is O=[N+]([O-])c1cn2c(n1)O[C@@H](COc1ccc(N3CCC(C4CCN(Cc5ccc(C(F)(F)F)cc5)CC4)CC3)cc1)CC2. The third kappa shape index (κ3) is 7.06. The van der Waals surface area contributed by atoms with Gasteiger partial charge in [0.1, 0.15) is 24.7 Å². The van der Waals surface area contributed by atoms with Crippen LogP contribution < -0.4 is 14.4 Å². The van der Waals surface area contributed by atoms with E-state index in [0.29, 0.717) is 38.0 Å². The Morgan fingerprint density at radius 1 is 0.907 bits per heavy atom. The van der Waals surface area contributed by atoms with Gasteiger partial charge < -0.3 is 24.5 Å². The summed E-state index contributed by atoms with van der Waals surface area (Å²) < 4.78 is 51.9. The fourth-order valence-electron chi connectivity index (χ4n) is 6.55.